The maximum atomic E-state index is 13.9. The van der Waals surface area contributed by atoms with E-state index in [1.54, 1.807) is 12.1 Å². The van der Waals surface area contributed by atoms with Crippen molar-refractivity contribution in [2.45, 2.75) is 88.5 Å². The molecule has 7 heterocycles. The molecule has 0 saturated carbocycles. The molecule has 1 spiro atoms. The number of benzene rings is 3. The molecule has 0 radical (unpaired) electrons. The van der Waals surface area contributed by atoms with E-state index in [9.17, 15) is 29.2 Å². The van der Waals surface area contributed by atoms with Crippen LogP contribution in [0.2, 0.25) is 5.02 Å². The summed E-state index contributed by atoms with van der Waals surface area (Å²) in [5, 5.41) is 12.1. The van der Waals surface area contributed by atoms with Crippen LogP contribution >= 0.6 is 11.6 Å². The Bertz CT molecular complexity index is 2330. The first-order valence-corrected chi connectivity index (χ1v) is 21.9. The lowest BCUT2D eigenvalue weighted by atomic mass is 9.76. The molecule has 14 heteroatoms. The number of rotatable bonds is 6. The molecule has 4 atom stereocenters. The molecule has 60 heavy (non-hydrogen) atoms. The molecule has 5 amide bonds. The monoisotopic (exact) mass is 828 g/mol. The van der Waals surface area contributed by atoms with Gasteiger partial charge in [-0.2, -0.15) is 5.26 Å². The minimum atomic E-state index is -0.977. The van der Waals surface area contributed by atoms with Crippen molar-refractivity contribution in [3.05, 3.63) is 87.9 Å². The van der Waals surface area contributed by atoms with Crippen molar-refractivity contribution in [3.63, 3.8) is 0 Å². The number of amides is 5. The van der Waals surface area contributed by atoms with E-state index in [1.165, 1.54) is 0 Å². The predicted molar refractivity (Wildman–Crippen MR) is 226 cm³/mol. The van der Waals surface area contributed by atoms with Crippen LogP contribution in [0.3, 0.4) is 0 Å². The first kappa shape index (κ1) is 38.7. The Balaban J connectivity index is 0.705. The summed E-state index contributed by atoms with van der Waals surface area (Å²) in [5.74, 6) is -1.86. The number of anilines is 3. The van der Waals surface area contributed by atoms with Gasteiger partial charge in [0, 0.05) is 99.0 Å². The standard InChI is InChI=1S/C46H49ClN8O5/c1-28-23-46(27-54(28)34-7-4-30(24-48)39(47)22-34)14-18-51(19-15-46)31-5-2-29(3-6-31)43(58)53-26-35-20-36(53)25-52(35)32-12-16-50(17-13-32)33-8-9-37-38(21-33)45(60)55(44(37)59)40-10-11-41(56)49-42(40)57/h2-9,21-22,28,32,35-36,40H,10-20,23,25-27H2,1H3,(H,49,56,57)/t28?,35-,36-,40?/m0/s1. The zero-order chi connectivity index (χ0) is 41.4. The molecule has 1 N–H and O–H groups in total. The van der Waals surface area contributed by atoms with Crippen molar-refractivity contribution in [2.24, 2.45) is 5.41 Å². The number of nitrogens with zero attached hydrogens (tertiary/aromatic N) is 7. The summed E-state index contributed by atoms with van der Waals surface area (Å²) < 4.78 is 0. The van der Waals surface area contributed by atoms with Crippen LogP contribution in [0.4, 0.5) is 17.1 Å². The average Bonchev–Trinajstić information content (AvgIpc) is 4.02. The Labute approximate surface area is 354 Å². The highest BCUT2D eigenvalue weighted by molar-refractivity contribution is 6.32. The van der Waals surface area contributed by atoms with Gasteiger partial charge in [0.1, 0.15) is 12.1 Å². The molecule has 0 aromatic heterocycles. The zero-order valence-electron chi connectivity index (χ0n) is 33.8. The highest BCUT2D eigenvalue weighted by Crippen LogP contribution is 2.46. The van der Waals surface area contributed by atoms with Gasteiger partial charge in [-0.1, -0.05) is 11.6 Å². The number of likely N-dealkylation sites (tertiary alicyclic amines) is 2. The first-order valence-electron chi connectivity index (χ1n) is 21.5. The highest BCUT2D eigenvalue weighted by atomic mass is 35.5. The van der Waals surface area contributed by atoms with Gasteiger partial charge in [-0.15, -0.1) is 0 Å². The van der Waals surface area contributed by atoms with E-state index in [0.717, 1.165) is 112 Å². The minimum Gasteiger partial charge on any atom is -0.371 e. The number of nitriles is 1. The number of fused-ring (bicyclic) bond motifs is 3. The summed E-state index contributed by atoms with van der Waals surface area (Å²) in [6.07, 6.45) is 6.50. The molecule has 0 aliphatic carbocycles. The van der Waals surface area contributed by atoms with Crippen LogP contribution in [0, 0.1) is 16.7 Å². The second-order valence-electron chi connectivity index (χ2n) is 18.1. The maximum absolute atomic E-state index is 13.9. The van der Waals surface area contributed by atoms with Crippen LogP contribution in [0.1, 0.15) is 94.9 Å². The van der Waals surface area contributed by atoms with Crippen molar-refractivity contribution in [3.8, 4) is 6.07 Å². The fourth-order valence-corrected chi connectivity index (χ4v) is 11.7. The minimum absolute atomic E-state index is 0.0901. The van der Waals surface area contributed by atoms with Crippen LogP contribution in [0.5, 0.6) is 0 Å². The van der Waals surface area contributed by atoms with Crippen LogP contribution < -0.4 is 20.0 Å². The molecule has 7 aliphatic heterocycles. The Morgan fingerprint density at radius 3 is 2.18 bits per heavy atom. The number of piperidine rings is 3. The summed E-state index contributed by atoms with van der Waals surface area (Å²) >= 11 is 6.39. The molecule has 10 rings (SSSR count). The second-order valence-corrected chi connectivity index (χ2v) is 18.5. The molecular weight excluding hydrogens is 780 g/mol. The van der Waals surface area contributed by atoms with Gasteiger partial charge in [0.05, 0.1) is 21.7 Å². The molecule has 310 valence electrons. The van der Waals surface area contributed by atoms with E-state index in [4.69, 9.17) is 11.6 Å². The molecule has 13 nitrogen and oxygen atoms in total. The number of hydrogen-bond donors (Lipinski definition) is 1. The van der Waals surface area contributed by atoms with E-state index in [0.29, 0.717) is 39.8 Å². The maximum Gasteiger partial charge on any atom is 0.262 e. The molecule has 3 aromatic carbocycles. The van der Waals surface area contributed by atoms with Crippen LogP contribution in [0.25, 0.3) is 0 Å². The number of carbonyl (C=O) groups excluding carboxylic acids is 5. The van der Waals surface area contributed by atoms with E-state index in [-0.39, 0.29) is 30.2 Å². The third-order valence-electron chi connectivity index (χ3n) is 14.7. The first-order chi connectivity index (χ1) is 29.0. The fraction of sp³-hybridized carbons (Fsp3) is 0.478. The van der Waals surface area contributed by atoms with Gasteiger partial charge in [-0.3, -0.25) is 39.1 Å². The molecule has 3 aromatic rings. The van der Waals surface area contributed by atoms with E-state index in [1.807, 2.05) is 36.4 Å². The highest BCUT2D eigenvalue weighted by Gasteiger charge is 2.49. The lowest BCUT2D eigenvalue weighted by molar-refractivity contribution is -0.136. The molecular formula is C46H49ClN8O5. The summed E-state index contributed by atoms with van der Waals surface area (Å²) in [5.41, 5.74) is 5.24. The lowest BCUT2D eigenvalue weighted by Gasteiger charge is -2.43. The normalized spacial score (nSPS) is 26.6. The molecule has 6 saturated heterocycles. The van der Waals surface area contributed by atoms with E-state index < -0.39 is 29.7 Å². The van der Waals surface area contributed by atoms with Gasteiger partial charge < -0.3 is 19.6 Å². The average molecular weight is 829 g/mol. The van der Waals surface area contributed by atoms with Crippen LogP contribution in [0.15, 0.2) is 60.7 Å². The molecule has 2 unspecified atom stereocenters. The zero-order valence-corrected chi connectivity index (χ0v) is 34.6. The summed E-state index contributed by atoms with van der Waals surface area (Å²) in [6.45, 7) is 8.49. The number of halogens is 1. The lowest BCUT2D eigenvalue weighted by Crippen LogP contribution is -2.54. The van der Waals surface area contributed by atoms with Crippen molar-refractivity contribution >= 4 is 58.2 Å². The number of nitrogens with one attached hydrogen (secondary N) is 1. The second kappa shape index (κ2) is 14.9. The van der Waals surface area contributed by atoms with Gasteiger partial charge in [-0.05, 0) is 118 Å². The Morgan fingerprint density at radius 1 is 0.800 bits per heavy atom. The SMILES string of the molecule is CC1CC2(CCN(c3ccc(C(=O)N4C[C@@H]5C[C@H]4CN5C4CCN(c5ccc6c(c5)C(=O)N(C5CCC(=O)NC5=O)C6=O)CC4)cc3)CC2)CN1c1ccc(C#N)c(Cl)c1. The van der Waals surface area contributed by atoms with Crippen LogP contribution in [-0.2, 0) is 9.59 Å². The molecule has 2 bridgehead atoms. The van der Waals surface area contributed by atoms with Crippen molar-refractivity contribution in [1.29, 1.82) is 5.26 Å². The quantitative estimate of drug-likeness (QED) is 0.336. The predicted octanol–water partition coefficient (Wildman–Crippen LogP) is 5.07. The Kier molecular flexibility index (Phi) is 9.63. The topological polar surface area (TPSA) is 141 Å². The smallest absolute Gasteiger partial charge is 0.262 e. The van der Waals surface area contributed by atoms with Gasteiger partial charge in [0.15, 0.2) is 0 Å². The third-order valence-corrected chi connectivity index (χ3v) is 15.1. The van der Waals surface area contributed by atoms with Gasteiger partial charge in [0.2, 0.25) is 11.8 Å². The molecule has 7 aliphatic rings. The van der Waals surface area contributed by atoms with E-state index in [2.05, 4.69) is 54.9 Å². The van der Waals surface area contributed by atoms with Crippen molar-refractivity contribution in [2.75, 3.05) is 60.5 Å². The van der Waals surface area contributed by atoms with E-state index >= 15 is 0 Å². The van der Waals surface area contributed by atoms with Gasteiger partial charge in [0.25, 0.3) is 17.7 Å². The fourth-order valence-electron chi connectivity index (χ4n) is 11.5. The number of carbonyl (C=O) groups is 5. The summed E-state index contributed by atoms with van der Waals surface area (Å²) in [7, 11) is 0. The number of hydrogen-bond acceptors (Lipinski definition) is 10. The van der Waals surface area contributed by atoms with Gasteiger partial charge in [-0.25, -0.2) is 0 Å². The van der Waals surface area contributed by atoms with Crippen molar-refractivity contribution in [1.82, 2.24) is 20.0 Å². The largest absolute Gasteiger partial charge is 0.371 e. The van der Waals surface area contributed by atoms with Crippen LogP contribution in [-0.4, -0.2) is 120 Å². The van der Waals surface area contributed by atoms with Crippen molar-refractivity contribution < 1.29 is 24.0 Å². The van der Waals surface area contributed by atoms with Gasteiger partial charge >= 0.3 is 0 Å². The summed E-state index contributed by atoms with van der Waals surface area (Å²) in [6, 6.07) is 21.9. The number of piperazine rings is 1. The molecule has 6 fully saturated rings. The third kappa shape index (κ3) is 6.59. The Hall–Kier alpha value is -5.45. The Morgan fingerprint density at radius 2 is 1.50 bits per heavy atom. The number of imide groups is 2. The summed E-state index contributed by atoms with van der Waals surface area (Å²) in [4.78, 5) is 77.5.